The topological polar surface area (TPSA) is 26.3 Å². The minimum Gasteiger partial charge on any atom is -0.461 e. The van der Waals surface area contributed by atoms with Gasteiger partial charge in [0.2, 0.25) is 0 Å². The molecule has 0 aliphatic heterocycles. The molecule has 0 spiro atoms. The van der Waals surface area contributed by atoms with E-state index in [-0.39, 0.29) is 12.6 Å². The first-order valence-corrected chi connectivity index (χ1v) is 7.49. The first kappa shape index (κ1) is 16.3. The van der Waals surface area contributed by atoms with E-state index in [9.17, 15) is 4.79 Å². The van der Waals surface area contributed by atoms with Crippen molar-refractivity contribution in [2.24, 2.45) is 0 Å². The van der Waals surface area contributed by atoms with Gasteiger partial charge in [0.25, 0.3) is 0 Å². The lowest BCUT2D eigenvalue weighted by atomic mass is 10.1. The standard InChI is InChI=1S/C15H20Cl2O2/c1-2-3-4-5-6-10-14(18)19-11-12-8-7-9-13(16)15(12)17/h7-9H,2-6,10-11H2,1H3. The Balaban J connectivity index is 2.24. The van der Waals surface area contributed by atoms with Gasteiger partial charge in [-0.3, -0.25) is 4.79 Å². The molecule has 0 aliphatic carbocycles. The summed E-state index contributed by atoms with van der Waals surface area (Å²) in [6.07, 6.45) is 6.07. The molecule has 0 aliphatic rings. The molecule has 0 N–H and O–H groups in total. The molecule has 1 rings (SSSR count). The molecule has 0 bridgehead atoms. The van der Waals surface area contributed by atoms with Gasteiger partial charge in [0, 0.05) is 12.0 Å². The van der Waals surface area contributed by atoms with Crippen molar-refractivity contribution >= 4 is 29.2 Å². The first-order chi connectivity index (χ1) is 9.15. The highest BCUT2D eigenvalue weighted by Gasteiger charge is 2.07. The summed E-state index contributed by atoms with van der Waals surface area (Å²) in [6.45, 7) is 2.36. The molecule has 0 amide bonds. The smallest absolute Gasteiger partial charge is 0.306 e. The maximum atomic E-state index is 11.5. The Hall–Kier alpha value is -0.730. The molecule has 4 heteroatoms. The summed E-state index contributed by atoms with van der Waals surface area (Å²) in [5.41, 5.74) is 0.744. The van der Waals surface area contributed by atoms with Crippen molar-refractivity contribution in [2.75, 3.05) is 0 Å². The lowest BCUT2D eigenvalue weighted by Gasteiger charge is -2.07. The zero-order valence-corrected chi connectivity index (χ0v) is 12.8. The van der Waals surface area contributed by atoms with Gasteiger partial charge in [-0.05, 0) is 12.5 Å². The number of halogens is 2. The highest BCUT2D eigenvalue weighted by Crippen LogP contribution is 2.26. The van der Waals surface area contributed by atoms with Crippen molar-refractivity contribution in [2.45, 2.75) is 52.1 Å². The van der Waals surface area contributed by atoms with Crippen molar-refractivity contribution in [3.63, 3.8) is 0 Å². The number of hydrogen-bond acceptors (Lipinski definition) is 2. The molecule has 2 nitrogen and oxygen atoms in total. The van der Waals surface area contributed by atoms with Crippen LogP contribution in [0.5, 0.6) is 0 Å². The van der Waals surface area contributed by atoms with E-state index in [0.29, 0.717) is 16.5 Å². The third-order valence-corrected chi connectivity index (χ3v) is 3.76. The highest BCUT2D eigenvalue weighted by atomic mass is 35.5. The quantitative estimate of drug-likeness (QED) is 0.475. The largest absolute Gasteiger partial charge is 0.461 e. The Morgan fingerprint density at radius 1 is 1.16 bits per heavy atom. The Morgan fingerprint density at radius 3 is 2.63 bits per heavy atom. The van der Waals surface area contributed by atoms with Crippen LogP contribution in [0.1, 0.15) is 51.0 Å². The number of ether oxygens (including phenoxy) is 1. The predicted octanol–water partition coefficient (Wildman–Crippen LogP) is 5.40. The molecule has 106 valence electrons. The van der Waals surface area contributed by atoms with E-state index in [1.165, 1.54) is 19.3 Å². The van der Waals surface area contributed by atoms with Crippen molar-refractivity contribution < 1.29 is 9.53 Å². The van der Waals surface area contributed by atoms with Crippen molar-refractivity contribution in [3.05, 3.63) is 33.8 Å². The average Bonchev–Trinajstić information content (AvgIpc) is 2.40. The number of rotatable bonds is 8. The summed E-state index contributed by atoms with van der Waals surface area (Å²) >= 11 is 11.9. The van der Waals surface area contributed by atoms with Gasteiger partial charge in [0.1, 0.15) is 6.61 Å². The second-order valence-electron chi connectivity index (χ2n) is 4.54. The Kier molecular flexibility index (Phi) is 7.92. The molecular weight excluding hydrogens is 283 g/mol. The molecule has 0 saturated carbocycles. The van der Waals surface area contributed by atoms with Gasteiger partial charge >= 0.3 is 5.97 Å². The van der Waals surface area contributed by atoms with E-state index in [1.807, 2.05) is 6.07 Å². The van der Waals surface area contributed by atoms with Crippen LogP contribution in [-0.2, 0) is 16.1 Å². The second-order valence-corrected chi connectivity index (χ2v) is 5.32. The number of carbonyl (C=O) groups is 1. The van der Waals surface area contributed by atoms with E-state index < -0.39 is 0 Å². The molecule has 0 aromatic heterocycles. The van der Waals surface area contributed by atoms with E-state index in [1.54, 1.807) is 12.1 Å². The SMILES string of the molecule is CCCCCCCC(=O)OCc1cccc(Cl)c1Cl. The monoisotopic (exact) mass is 302 g/mol. The summed E-state index contributed by atoms with van der Waals surface area (Å²) < 4.78 is 5.19. The minimum atomic E-state index is -0.174. The number of benzene rings is 1. The third kappa shape index (κ3) is 6.31. The van der Waals surface area contributed by atoms with Crippen LogP contribution in [0, 0.1) is 0 Å². The fourth-order valence-electron chi connectivity index (χ4n) is 1.76. The van der Waals surface area contributed by atoms with Gasteiger partial charge < -0.3 is 4.74 Å². The lowest BCUT2D eigenvalue weighted by Crippen LogP contribution is -2.04. The molecule has 0 saturated heterocycles. The van der Waals surface area contributed by atoms with Gasteiger partial charge in [0.05, 0.1) is 10.0 Å². The van der Waals surface area contributed by atoms with Crippen molar-refractivity contribution in [3.8, 4) is 0 Å². The normalized spacial score (nSPS) is 10.5. The van der Waals surface area contributed by atoms with E-state index >= 15 is 0 Å². The van der Waals surface area contributed by atoms with Crippen LogP contribution in [0.2, 0.25) is 10.0 Å². The first-order valence-electron chi connectivity index (χ1n) is 6.73. The molecule has 0 heterocycles. The van der Waals surface area contributed by atoms with Crippen molar-refractivity contribution in [1.82, 2.24) is 0 Å². The van der Waals surface area contributed by atoms with E-state index in [0.717, 1.165) is 18.4 Å². The molecule has 19 heavy (non-hydrogen) atoms. The van der Waals surface area contributed by atoms with Gasteiger partial charge in [-0.2, -0.15) is 0 Å². The predicted molar refractivity (Wildman–Crippen MR) is 79.6 cm³/mol. The van der Waals surface area contributed by atoms with E-state index in [2.05, 4.69) is 6.92 Å². The molecule has 1 aromatic carbocycles. The Labute approximate surface area is 125 Å². The fourth-order valence-corrected chi connectivity index (χ4v) is 2.14. The summed E-state index contributed by atoms with van der Waals surface area (Å²) in [6, 6.07) is 5.31. The molecule has 0 unspecified atom stereocenters. The minimum absolute atomic E-state index is 0.174. The van der Waals surface area contributed by atoms with Crippen LogP contribution in [0.3, 0.4) is 0 Å². The number of unbranched alkanes of at least 4 members (excludes halogenated alkanes) is 4. The fraction of sp³-hybridized carbons (Fsp3) is 0.533. The summed E-state index contributed by atoms with van der Waals surface area (Å²) in [7, 11) is 0. The van der Waals surface area contributed by atoms with Crippen LogP contribution in [0.25, 0.3) is 0 Å². The molecule has 0 radical (unpaired) electrons. The van der Waals surface area contributed by atoms with E-state index in [4.69, 9.17) is 27.9 Å². The summed E-state index contributed by atoms with van der Waals surface area (Å²) in [5, 5.41) is 0.940. The van der Waals surface area contributed by atoms with Crippen molar-refractivity contribution in [1.29, 1.82) is 0 Å². The van der Waals surface area contributed by atoms with Gasteiger partial charge in [-0.25, -0.2) is 0 Å². The third-order valence-electron chi connectivity index (χ3n) is 2.90. The molecule has 1 aromatic rings. The maximum Gasteiger partial charge on any atom is 0.306 e. The van der Waals surface area contributed by atoms with Crippen LogP contribution < -0.4 is 0 Å². The second kappa shape index (κ2) is 9.22. The summed E-state index contributed by atoms with van der Waals surface area (Å²) in [4.78, 5) is 11.5. The zero-order chi connectivity index (χ0) is 14.1. The molecule has 0 atom stereocenters. The maximum absolute atomic E-state index is 11.5. The van der Waals surface area contributed by atoms with Gasteiger partial charge in [-0.15, -0.1) is 0 Å². The van der Waals surface area contributed by atoms with Crippen LogP contribution >= 0.6 is 23.2 Å². The Morgan fingerprint density at radius 2 is 1.89 bits per heavy atom. The van der Waals surface area contributed by atoms with Crippen LogP contribution in [0.15, 0.2) is 18.2 Å². The van der Waals surface area contributed by atoms with Crippen LogP contribution in [-0.4, -0.2) is 5.97 Å². The highest BCUT2D eigenvalue weighted by molar-refractivity contribution is 6.42. The molecular formula is C15H20Cl2O2. The van der Waals surface area contributed by atoms with Gasteiger partial charge in [-0.1, -0.05) is 67.9 Å². The van der Waals surface area contributed by atoms with Gasteiger partial charge in [0.15, 0.2) is 0 Å². The number of esters is 1. The lowest BCUT2D eigenvalue weighted by molar-refractivity contribution is -0.145. The summed E-state index contributed by atoms with van der Waals surface area (Å²) in [5.74, 6) is -0.174. The Bertz CT molecular complexity index is 405. The zero-order valence-electron chi connectivity index (χ0n) is 11.3. The van der Waals surface area contributed by atoms with Crippen LogP contribution in [0.4, 0.5) is 0 Å². The number of hydrogen-bond donors (Lipinski definition) is 0. The number of carbonyl (C=O) groups excluding carboxylic acids is 1. The average molecular weight is 303 g/mol. The molecule has 0 fully saturated rings.